The van der Waals surface area contributed by atoms with Crippen molar-refractivity contribution in [1.82, 2.24) is 10.2 Å². The highest BCUT2D eigenvalue weighted by atomic mass is 16.5. The van der Waals surface area contributed by atoms with E-state index in [-0.39, 0.29) is 24.5 Å². The van der Waals surface area contributed by atoms with Crippen LogP contribution in [0.1, 0.15) is 39.5 Å². The number of amides is 2. The third kappa shape index (κ3) is 4.44. The fraction of sp³-hybridized carbons (Fsp3) is 0.364. The Morgan fingerprint density at radius 1 is 1.21 bits per heavy atom. The Bertz CT molecular complexity index is 892. The molecule has 0 aromatic heterocycles. The van der Waals surface area contributed by atoms with E-state index >= 15 is 0 Å². The van der Waals surface area contributed by atoms with Gasteiger partial charge in [-0.3, -0.25) is 9.59 Å². The number of fused-ring (bicyclic) bond motifs is 1. The summed E-state index contributed by atoms with van der Waals surface area (Å²) in [6.45, 7) is 4.56. The molecule has 1 aliphatic rings. The second kappa shape index (κ2) is 8.33. The molecule has 6 nitrogen and oxygen atoms in total. The molecule has 1 aliphatic heterocycles. The summed E-state index contributed by atoms with van der Waals surface area (Å²) in [5.74, 6) is 1.03. The van der Waals surface area contributed by atoms with Crippen LogP contribution < -0.4 is 14.8 Å². The highest BCUT2D eigenvalue weighted by Crippen LogP contribution is 2.35. The second-order valence-electron chi connectivity index (χ2n) is 7.27. The molecule has 0 saturated heterocycles. The van der Waals surface area contributed by atoms with Gasteiger partial charge in [0.05, 0.1) is 12.6 Å². The fourth-order valence-electron chi connectivity index (χ4n) is 3.27. The number of ether oxygens (including phenoxy) is 2. The summed E-state index contributed by atoms with van der Waals surface area (Å²) in [4.78, 5) is 25.9. The van der Waals surface area contributed by atoms with E-state index < -0.39 is 0 Å². The Morgan fingerprint density at radius 2 is 2.00 bits per heavy atom. The van der Waals surface area contributed by atoms with Gasteiger partial charge in [0, 0.05) is 31.6 Å². The van der Waals surface area contributed by atoms with E-state index in [2.05, 4.69) is 17.4 Å². The summed E-state index contributed by atoms with van der Waals surface area (Å²) in [7, 11) is 3.34. The molecular formula is C22H26N2O4. The van der Waals surface area contributed by atoms with E-state index in [9.17, 15) is 9.59 Å². The number of benzene rings is 2. The standard InChI is InChI=1S/C22H26N2O4/c1-14-10-15(2)21-18(11-14)19(8-9-27-21)23-22(26)16-6-5-7-17(12-16)28-13-20(25)24(3)4/h5-7,10-12,19H,8-9,13H2,1-4H3,(H,23,26). The molecule has 0 aliphatic carbocycles. The average molecular weight is 382 g/mol. The van der Waals surface area contributed by atoms with Gasteiger partial charge in [0.25, 0.3) is 11.8 Å². The van der Waals surface area contributed by atoms with Crippen LogP contribution in [0.4, 0.5) is 0 Å². The van der Waals surface area contributed by atoms with Crippen molar-refractivity contribution in [2.24, 2.45) is 0 Å². The summed E-state index contributed by atoms with van der Waals surface area (Å²) in [6.07, 6.45) is 0.717. The predicted octanol–water partition coefficient (Wildman–Crippen LogP) is 3.02. The Kier molecular flexibility index (Phi) is 5.87. The third-order valence-corrected chi connectivity index (χ3v) is 4.74. The van der Waals surface area contributed by atoms with Crippen molar-refractivity contribution < 1.29 is 19.1 Å². The number of aryl methyl sites for hydroxylation is 2. The molecule has 2 aromatic rings. The molecule has 28 heavy (non-hydrogen) atoms. The van der Waals surface area contributed by atoms with Gasteiger partial charge in [-0.15, -0.1) is 0 Å². The lowest BCUT2D eigenvalue weighted by molar-refractivity contribution is -0.130. The van der Waals surface area contributed by atoms with Gasteiger partial charge in [-0.05, 0) is 37.6 Å². The van der Waals surface area contributed by atoms with Gasteiger partial charge < -0.3 is 19.7 Å². The number of nitrogens with zero attached hydrogens (tertiary/aromatic N) is 1. The van der Waals surface area contributed by atoms with Crippen LogP contribution in [0, 0.1) is 13.8 Å². The fourth-order valence-corrected chi connectivity index (χ4v) is 3.27. The van der Waals surface area contributed by atoms with Crippen molar-refractivity contribution in [3.05, 3.63) is 58.7 Å². The maximum atomic E-state index is 12.8. The molecule has 0 bridgehead atoms. The summed E-state index contributed by atoms with van der Waals surface area (Å²) in [5, 5.41) is 3.11. The van der Waals surface area contributed by atoms with E-state index in [1.807, 2.05) is 13.8 Å². The van der Waals surface area contributed by atoms with Crippen LogP contribution in [0.5, 0.6) is 11.5 Å². The molecule has 3 rings (SSSR count). The SMILES string of the molecule is Cc1cc(C)c2c(c1)C(NC(=O)c1cccc(OCC(=O)N(C)C)c1)CCO2. The summed E-state index contributed by atoms with van der Waals surface area (Å²) < 4.78 is 11.3. The Balaban J connectivity index is 1.73. The van der Waals surface area contributed by atoms with E-state index in [0.29, 0.717) is 17.9 Å². The zero-order chi connectivity index (χ0) is 20.3. The first-order valence-corrected chi connectivity index (χ1v) is 9.33. The molecule has 0 fully saturated rings. The molecule has 0 saturated carbocycles. The minimum Gasteiger partial charge on any atom is -0.493 e. The van der Waals surface area contributed by atoms with Gasteiger partial charge in [-0.25, -0.2) is 0 Å². The molecule has 1 atom stereocenters. The van der Waals surface area contributed by atoms with Gasteiger partial charge in [0.15, 0.2) is 6.61 Å². The van der Waals surface area contributed by atoms with Crippen molar-refractivity contribution in [3.63, 3.8) is 0 Å². The molecule has 1 N–H and O–H groups in total. The highest BCUT2D eigenvalue weighted by molar-refractivity contribution is 5.95. The maximum Gasteiger partial charge on any atom is 0.259 e. The number of nitrogens with one attached hydrogen (secondary N) is 1. The third-order valence-electron chi connectivity index (χ3n) is 4.74. The molecule has 148 valence electrons. The maximum absolute atomic E-state index is 12.8. The van der Waals surface area contributed by atoms with Crippen LogP contribution >= 0.6 is 0 Å². The number of rotatable bonds is 5. The van der Waals surface area contributed by atoms with Crippen molar-refractivity contribution in [1.29, 1.82) is 0 Å². The lowest BCUT2D eigenvalue weighted by atomic mass is 9.95. The van der Waals surface area contributed by atoms with Gasteiger partial charge in [-0.2, -0.15) is 0 Å². The van der Waals surface area contributed by atoms with Gasteiger partial charge in [-0.1, -0.05) is 23.8 Å². The number of hydrogen-bond acceptors (Lipinski definition) is 4. The van der Waals surface area contributed by atoms with Crippen molar-refractivity contribution in [2.75, 3.05) is 27.3 Å². The largest absolute Gasteiger partial charge is 0.493 e. The lowest BCUT2D eigenvalue weighted by Gasteiger charge is -2.28. The molecule has 0 spiro atoms. The van der Waals surface area contributed by atoms with Gasteiger partial charge >= 0.3 is 0 Å². The van der Waals surface area contributed by atoms with Crippen LogP contribution in [0.15, 0.2) is 36.4 Å². The Labute approximate surface area is 165 Å². The average Bonchev–Trinajstić information content (AvgIpc) is 2.66. The predicted molar refractivity (Wildman–Crippen MR) is 107 cm³/mol. The van der Waals surface area contributed by atoms with E-state index in [1.165, 1.54) is 4.90 Å². The van der Waals surface area contributed by atoms with Crippen LogP contribution in [0.2, 0.25) is 0 Å². The van der Waals surface area contributed by atoms with Gasteiger partial charge in [0.1, 0.15) is 11.5 Å². The van der Waals surface area contributed by atoms with Gasteiger partial charge in [0.2, 0.25) is 0 Å². The normalized spacial score (nSPS) is 15.2. The first-order chi connectivity index (χ1) is 13.3. The van der Waals surface area contributed by atoms with E-state index in [4.69, 9.17) is 9.47 Å². The van der Waals surface area contributed by atoms with Crippen molar-refractivity contribution >= 4 is 11.8 Å². The molecule has 6 heteroatoms. The Morgan fingerprint density at radius 3 is 2.75 bits per heavy atom. The number of likely N-dealkylation sites (N-methyl/N-ethyl adjacent to an activating group) is 1. The monoisotopic (exact) mass is 382 g/mol. The number of hydrogen-bond donors (Lipinski definition) is 1. The quantitative estimate of drug-likeness (QED) is 0.863. The molecule has 1 heterocycles. The van der Waals surface area contributed by atoms with Crippen molar-refractivity contribution in [2.45, 2.75) is 26.3 Å². The van der Waals surface area contributed by atoms with E-state index in [1.54, 1.807) is 38.4 Å². The molecular weight excluding hydrogens is 356 g/mol. The Hall–Kier alpha value is -3.02. The minimum absolute atomic E-state index is 0.0655. The highest BCUT2D eigenvalue weighted by Gasteiger charge is 2.25. The lowest BCUT2D eigenvalue weighted by Crippen LogP contribution is -2.32. The molecule has 0 radical (unpaired) electrons. The zero-order valence-corrected chi connectivity index (χ0v) is 16.7. The van der Waals surface area contributed by atoms with E-state index in [0.717, 1.165) is 28.9 Å². The second-order valence-corrected chi connectivity index (χ2v) is 7.27. The molecule has 2 aromatic carbocycles. The zero-order valence-electron chi connectivity index (χ0n) is 16.7. The first kappa shape index (κ1) is 19.7. The van der Waals surface area contributed by atoms with Crippen LogP contribution in [0.25, 0.3) is 0 Å². The van der Waals surface area contributed by atoms with Crippen LogP contribution in [0.3, 0.4) is 0 Å². The number of carbonyl (C=O) groups excluding carboxylic acids is 2. The minimum atomic E-state index is -0.179. The van der Waals surface area contributed by atoms with Crippen molar-refractivity contribution in [3.8, 4) is 11.5 Å². The molecule has 1 unspecified atom stereocenters. The molecule has 2 amide bonds. The smallest absolute Gasteiger partial charge is 0.259 e. The summed E-state index contributed by atoms with van der Waals surface area (Å²) in [5.41, 5.74) is 3.73. The number of carbonyl (C=O) groups is 2. The topological polar surface area (TPSA) is 67.9 Å². The van der Waals surface area contributed by atoms with Crippen LogP contribution in [-0.4, -0.2) is 44.0 Å². The summed E-state index contributed by atoms with van der Waals surface area (Å²) in [6, 6.07) is 10.9. The van der Waals surface area contributed by atoms with Crippen LogP contribution in [-0.2, 0) is 4.79 Å². The first-order valence-electron chi connectivity index (χ1n) is 9.33. The summed E-state index contributed by atoms with van der Waals surface area (Å²) >= 11 is 0.